The van der Waals surface area contributed by atoms with Gasteiger partial charge in [-0.1, -0.05) is 57.0 Å². The van der Waals surface area contributed by atoms with Gasteiger partial charge in [-0.25, -0.2) is 4.79 Å². The van der Waals surface area contributed by atoms with Gasteiger partial charge in [-0.05, 0) is 18.4 Å². The first-order chi connectivity index (χ1) is 10.2. The third kappa shape index (κ3) is 6.17. The van der Waals surface area contributed by atoms with Crippen molar-refractivity contribution < 1.29 is 14.3 Å². The second kappa shape index (κ2) is 10.2. The Morgan fingerprint density at radius 1 is 1.19 bits per heavy atom. The summed E-state index contributed by atoms with van der Waals surface area (Å²) in [5.41, 5.74) is 0.991. The predicted molar refractivity (Wildman–Crippen MR) is 83.9 cm³/mol. The highest BCUT2D eigenvalue weighted by Gasteiger charge is 2.23. The van der Waals surface area contributed by atoms with Gasteiger partial charge in [0.2, 0.25) is 0 Å². The van der Waals surface area contributed by atoms with Crippen molar-refractivity contribution in [3.05, 3.63) is 35.9 Å². The molecule has 1 atom stereocenters. The number of hydrogen-bond acceptors (Lipinski definition) is 3. The topological polar surface area (TPSA) is 38.8 Å². The molecule has 0 aliphatic heterocycles. The van der Waals surface area contributed by atoms with Gasteiger partial charge in [-0.2, -0.15) is 0 Å². The number of rotatable bonds is 9. The minimum Gasteiger partial charge on any atom is -0.444 e. The quantitative estimate of drug-likeness (QED) is 0.641. The van der Waals surface area contributed by atoms with Crippen LogP contribution in [-0.4, -0.2) is 30.9 Å². The Labute approximate surface area is 128 Å². The van der Waals surface area contributed by atoms with Crippen LogP contribution in [0.5, 0.6) is 0 Å². The van der Waals surface area contributed by atoms with Gasteiger partial charge in [0.15, 0.2) is 0 Å². The maximum Gasteiger partial charge on any atom is 0.412 e. The summed E-state index contributed by atoms with van der Waals surface area (Å²) in [4.78, 5) is 14.0. The number of ether oxygens (including phenoxy) is 2. The van der Waals surface area contributed by atoms with E-state index < -0.39 is 0 Å². The minimum atomic E-state index is -0.299. The summed E-state index contributed by atoms with van der Waals surface area (Å²) in [5, 5.41) is 0. The van der Waals surface area contributed by atoms with Crippen molar-refractivity contribution in [3.8, 4) is 0 Å². The smallest absolute Gasteiger partial charge is 0.412 e. The van der Waals surface area contributed by atoms with Crippen molar-refractivity contribution in [3.63, 3.8) is 0 Å². The predicted octanol–water partition coefficient (Wildman–Crippen LogP) is 4.20. The Kier molecular flexibility index (Phi) is 8.51. The normalized spacial score (nSPS) is 12.0. The third-order valence-corrected chi connectivity index (χ3v) is 3.35. The Bertz CT molecular complexity index is 394. The molecule has 0 aliphatic carbocycles. The molecule has 1 unspecified atom stereocenters. The zero-order chi connectivity index (χ0) is 15.5. The first-order valence-corrected chi connectivity index (χ1v) is 7.73. The summed E-state index contributed by atoms with van der Waals surface area (Å²) in [5.74, 6) is 0. The van der Waals surface area contributed by atoms with Crippen LogP contribution >= 0.6 is 0 Å². The fourth-order valence-corrected chi connectivity index (χ4v) is 2.13. The van der Waals surface area contributed by atoms with Crippen molar-refractivity contribution in [1.82, 2.24) is 4.90 Å². The summed E-state index contributed by atoms with van der Waals surface area (Å²) in [6.07, 6.45) is 3.26. The monoisotopic (exact) mass is 293 g/mol. The molecule has 0 radical (unpaired) electrons. The van der Waals surface area contributed by atoms with Crippen LogP contribution in [0.3, 0.4) is 0 Å². The van der Waals surface area contributed by atoms with Crippen LogP contribution in [0.4, 0.5) is 4.79 Å². The molecule has 1 aromatic rings. The molecule has 0 fully saturated rings. The molecule has 0 spiro atoms. The number of carbonyl (C=O) groups excluding carboxylic acids is 1. The van der Waals surface area contributed by atoms with Gasteiger partial charge in [-0.3, -0.25) is 4.90 Å². The molecule has 0 N–H and O–H groups in total. The van der Waals surface area contributed by atoms with Gasteiger partial charge in [0, 0.05) is 13.7 Å². The van der Waals surface area contributed by atoms with Crippen LogP contribution in [0.2, 0.25) is 0 Å². The number of methoxy groups -OCH3 is 1. The van der Waals surface area contributed by atoms with Crippen molar-refractivity contribution in [1.29, 1.82) is 0 Å². The maximum absolute atomic E-state index is 12.3. The molecule has 4 heteroatoms. The average molecular weight is 293 g/mol. The van der Waals surface area contributed by atoms with Gasteiger partial charge in [-0.15, -0.1) is 0 Å². The highest BCUT2D eigenvalue weighted by atomic mass is 16.6. The molecule has 21 heavy (non-hydrogen) atoms. The summed E-state index contributed by atoms with van der Waals surface area (Å²) in [6.45, 7) is 5.15. The summed E-state index contributed by atoms with van der Waals surface area (Å²) in [7, 11) is 1.64. The van der Waals surface area contributed by atoms with Crippen LogP contribution in [0.15, 0.2) is 30.3 Å². The van der Waals surface area contributed by atoms with Crippen LogP contribution in [0.25, 0.3) is 0 Å². The van der Waals surface area contributed by atoms with Gasteiger partial charge < -0.3 is 9.47 Å². The molecule has 0 saturated carbocycles. The molecular formula is C17H27NO3. The number of benzene rings is 1. The molecule has 0 aliphatic rings. The zero-order valence-corrected chi connectivity index (χ0v) is 13.4. The van der Waals surface area contributed by atoms with Crippen LogP contribution in [-0.2, 0) is 16.1 Å². The summed E-state index contributed by atoms with van der Waals surface area (Å²) in [6, 6.07) is 9.72. The Morgan fingerprint density at radius 2 is 1.90 bits per heavy atom. The Balaban J connectivity index is 2.61. The maximum atomic E-state index is 12.3. The van der Waals surface area contributed by atoms with Gasteiger partial charge >= 0.3 is 6.09 Å². The van der Waals surface area contributed by atoms with E-state index in [0.29, 0.717) is 13.2 Å². The Morgan fingerprint density at radius 3 is 2.48 bits per heavy atom. The number of carbonyl (C=O) groups is 1. The lowest BCUT2D eigenvalue weighted by Gasteiger charge is -2.29. The molecule has 4 nitrogen and oxygen atoms in total. The second-order valence-corrected chi connectivity index (χ2v) is 5.07. The Hall–Kier alpha value is -1.55. The van der Waals surface area contributed by atoms with E-state index in [1.54, 1.807) is 12.0 Å². The fraction of sp³-hybridized carbons (Fsp3) is 0.588. The van der Waals surface area contributed by atoms with E-state index in [9.17, 15) is 4.79 Å². The zero-order valence-electron chi connectivity index (χ0n) is 13.4. The van der Waals surface area contributed by atoms with Crippen molar-refractivity contribution >= 4 is 6.09 Å². The van der Waals surface area contributed by atoms with E-state index in [0.717, 1.165) is 31.2 Å². The molecule has 0 heterocycles. The van der Waals surface area contributed by atoms with Crippen molar-refractivity contribution in [2.45, 2.75) is 52.4 Å². The minimum absolute atomic E-state index is 0.204. The average Bonchev–Trinajstić information content (AvgIpc) is 2.53. The van der Waals surface area contributed by atoms with Gasteiger partial charge in [0.05, 0.1) is 0 Å². The molecular weight excluding hydrogens is 266 g/mol. The lowest BCUT2D eigenvalue weighted by molar-refractivity contribution is -0.0362. The first kappa shape index (κ1) is 17.5. The fourth-order valence-electron chi connectivity index (χ4n) is 2.13. The molecule has 1 rings (SSSR count). The second-order valence-electron chi connectivity index (χ2n) is 5.07. The van der Waals surface area contributed by atoms with E-state index in [1.807, 2.05) is 30.3 Å². The number of hydrogen-bond donors (Lipinski definition) is 0. The van der Waals surface area contributed by atoms with Crippen LogP contribution < -0.4 is 0 Å². The van der Waals surface area contributed by atoms with Gasteiger partial charge in [0.1, 0.15) is 12.8 Å². The molecule has 1 aromatic carbocycles. The first-order valence-electron chi connectivity index (χ1n) is 7.73. The summed E-state index contributed by atoms with van der Waals surface area (Å²) < 4.78 is 10.9. The largest absolute Gasteiger partial charge is 0.444 e. The lowest BCUT2D eigenvalue weighted by atomic mass is 10.2. The number of amides is 1. The van der Waals surface area contributed by atoms with Crippen molar-refractivity contribution in [2.24, 2.45) is 0 Å². The molecule has 0 saturated heterocycles. The molecule has 1 amide bonds. The lowest BCUT2D eigenvalue weighted by Crippen LogP contribution is -2.42. The third-order valence-electron chi connectivity index (χ3n) is 3.35. The van der Waals surface area contributed by atoms with E-state index in [4.69, 9.17) is 9.47 Å². The van der Waals surface area contributed by atoms with E-state index in [2.05, 4.69) is 13.8 Å². The summed E-state index contributed by atoms with van der Waals surface area (Å²) >= 11 is 0. The van der Waals surface area contributed by atoms with E-state index >= 15 is 0 Å². The number of unbranched alkanes of at least 4 members (excludes halogenated alkanes) is 1. The van der Waals surface area contributed by atoms with E-state index in [-0.39, 0.29) is 12.3 Å². The van der Waals surface area contributed by atoms with E-state index in [1.165, 1.54) is 0 Å². The van der Waals surface area contributed by atoms with Crippen LogP contribution in [0, 0.1) is 0 Å². The molecule has 0 aromatic heterocycles. The highest BCUT2D eigenvalue weighted by molar-refractivity contribution is 5.67. The van der Waals surface area contributed by atoms with Crippen LogP contribution in [0.1, 0.15) is 45.1 Å². The molecule has 0 bridgehead atoms. The SMILES string of the molecule is CCCCN(C(=O)OCc1ccccc1)C(CCC)OC. The number of nitrogens with zero attached hydrogens (tertiary/aromatic N) is 1. The highest BCUT2D eigenvalue weighted by Crippen LogP contribution is 2.12. The standard InChI is InChI=1S/C17H27NO3/c1-4-6-13-18(16(20-3)10-5-2)17(19)21-14-15-11-8-7-9-12-15/h7-9,11-12,16H,4-6,10,13-14H2,1-3H3. The molecule has 118 valence electrons. The van der Waals surface area contributed by atoms with Crippen molar-refractivity contribution in [2.75, 3.05) is 13.7 Å². The van der Waals surface area contributed by atoms with Gasteiger partial charge in [0.25, 0.3) is 0 Å².